The second kappa shape index (κ2) is 6.52. The van der Waals surface area contributed by atoms with Crippen LogP contribution < -0.4 is 5.32 Å². The highest BCUT2D eigenvalue weighted by atomic mass is 19.1. The van der Waals surface area contributed by atoms with Gasteiger partial charge in [0.1, 0.15) is 11.6 Å². The maximum absolute atomic E-state index is 14.3. The molecule has 1 aliphatic heterocycles. The van der Waals surface area contributed by atoms with Gasteiger partial charge in [-0.3, -0.25) is 4.79 Å². The lowest BCUT2D eigenvalue weighted by molar-refractivity contribution is -0.125. The molecule has 7 heteroatoms. The monoisotopic (exact) mass is 334 g/mol. The molecule has 2 N–H and O–H groups in total. The molecule has 0 atom stereocenters. The molecule has 0 unspecified atom stereocenters. The SMILES string of the molecule is O=C(Nc1ncccc1O)C1(c2ccc(F)cc2F)CCOCC1. The van der Waals surface area contributed by atoms with Gasteiger partial charge in [-0.15, -0.1) is 0 Å². The van der Waals surface area contributed by atoms with Gasteiger partial charge in [0.15, 0.2) is 11.6 Å². The van der Waals surface area contributed by atoms with E-state index in [1.165, 1.54) is 24.4 Å². The number of rotatable bonds is 3. The van der Waals surface area contributed by atoms with E-state index in [0.29, 0.717) is 0 Å². The molecule has 2 heterocycles. The van der Waals surface area contributed by atoms with E-state index < -0.39 is 23.0 Å². The summed E-state index contributed by atoms with van der Waals surface area (Å²) in [5, 5.41) is 12.3. The number of carbonyl (C=O) groups excluding carboxylic acids is 1. The van der Waals surface area contributed by atoms with Gasteiger partial charge in [-0.1, -0.05) is 6.07 Å². The van der Waals surface area contributed by atoms with Crippen molar-refractivity contribution in [3.63, 3.8) is 0 Å². The number of amides is 1. The zero-order chi connectivity index (χ0) is 17.2. The standard InChI is InChI=1S/C17H16F2N2O3/c18-11-3-4-12(13(19)10-11)17(5-8-24-9-6-17)16(23)21-15-14(22)2-1-7-20-15/h1-4,7,10,22H,5-6,8-9H2,(H,20,21,23). The number of nitrogens with one attached hydrogen (secondary N) is 1. The summed E-state index contributed by atoms with van der Waals surface area (Å²) in [5.41, 5.74) is -1.10. The van der Waals surface area contributed by atoms with Crippen LogP contribution in [0.4, 0.5) is 14.6 Å². The Morgan fingerprint density at radius 3 is 2.67 bits per heavy atom. The first-order chi connectivity index (χ1) is 11.5. The normalized spacial score (nSPS) is 16.6. The first kappa shape index (κ1) is 16.3. The molecular formula is C17H16F2N2O3. The predicted octanol–water partition coefficient (Wildman–Crippen LogP) is 2.75. The maximum Gasteiger partial charge on any atom is 0.236 e. The van der Waals surface area contributed by atoms with Crippen LogP contribution in [0.2, 0.25) is 0 Å². The highest BCUT2D eigenvalue weighted by Gasteiger charge is 2.44. The Bertz CT molecular complexity index is 761. The van der Waals surface area contributed by atoms with E-state index in [-0.39, 0.29) is 43.2 Å². The van der Waals surface area contributed by atoms with E-state index in [9.17, 15) is 18.7 Å². The van der Waals surface area contributed by atoms with Crippen molar-refractivity contribution in [2.24, 2.45) is 0 Å². The van der Waals surface area contributed by atoms with Crippen LogP contribution in [0.5, 0.6) is 5.75 Å². The third kappa shape index (κ3) is 2.94. The average molecular weight is 334 g/mol. The molecule has 0 bridgehead atoms. The van der Waals surface area contributed by atoms with Gasteiger partial charge in [-0.25, -0.2) is 13.8 Å². The molecule has 3 rings (SSSR count). The van der Waals surface area contributed by atoms with Crippen LogP contribution in [0.1, 0.15) is 18.4 Å². The second-order valence-corrected chi connectivity index (χ2v) is 5.64. The van der Waals surface area contributed by atoms with Crippen LogP contribution >= 0.6 is 0 Å². The first-order valence-electron chi connectivity index (χ1n) is 7.52. The summed E-state index contributed by atoms with van der Waals surface area (Å²) in [4.78, 5) is 16.8. The molecule has 1 aromatic carbocycles. The first-order valence-corrected chi connectivity index (χ1v) is 7.52. The number of hydrogen-bond donors (Lipinski definition) is 2. The number of ether oxygens (including phenoxy) is 1. The topological polar surface area (TPSA) is 71.5 Å². The Labute approximate surface area is 137 Å². The van der Waals surface area contributed by atoms with E-state index in [0.717, 1.165) is 12.1 Å². The molecule has 1 amide bonds. The number of benzene rings is 1. The van der Waals surface area contributed by atoms with E-state index in [1.54, 1.807) is 0 Å². The van der Waals surface area contributed by atoms with E-state index in [2.05, 4.69) is 10.3 Å². The molecular weight excluding hydrogens is 318 g/mol. The molecule has 0 aliphatic carbocycles. The zero-order valence-corrected chi connectivity index (χ0v) is 12.8. The summed E-state index contributed by atoms with van der Waals surface area (Å²) in [6, 6.07) is 6.08. The van der Waals surface area contributed by atoms with Gasteiger partial charge in [0, 0.05) is 31.0 Å². The van der Waals surface area contributed by atoms with Crippen molar-refractivity contribution in [3.05, 3.63) is 53.7 Å². The summed E-state index contributed by atoms with van der Waals surface area (Å²) in [6.07, 6.45) is 1.91. The van der Waals surface area contributed by atoms with Crippen molar-refractivity contribution >= 4 is 11.7 Å². The average Bonchev–Trinajstić information content (AvgIpc) is 2.57. The molecule has 2 aromatic rings. The zero-order valence-electron chi connectivity index (χ0n) is 12.8. The lowest BCUT2D eigenvalue weighted by atomic mass is 9.73. The number of pyridine rings is 1. The summed E-state index contributed by atoms with van der Waals surface area (Å²) in [6.45, 7) is 0.552. The minimum Gasteiger partial charge on any atom is -0.504 e. The van der Waals surface area contributed by atoms with E-state index >= 15 is 0 Å². The Morgan fingerprint density at radius 2 is 2.00 bits per heavy atom. The van der Waals surface area contributed by atoms with Crippen molar-refractivity contribution in [1.29, 1.82) is 0 Å². The second-order valence-electron chi connectivity index (χ2n) is 5.64. The van der Waals surface area contributed by atoms with E-state index in [4.69, 9.17) is 4.74 Å². The fraction of sp³-hybridized carbons (Fsp3) is 0.294. The number of nitrogens with zero attached hydrogens (tertiary/aromatic N) is 1. The Balaban J connectivity index is 1.99. The molecule has 0 saturated carbocycles. The Hall–Kier alpha value is -2.54. The van der Waals surface area contributed by atoms with Gasteiger partial charge in [-0.05, 0) is 31.0 Å². The molecule has 1 fully saturated rings. The Kier molecular flexibility index (Phi) is 4.44. The quantitative estimate of drug-likeness (QED) is 0.905. The highest BCUT2D eigenvalue weighted by molar-refractivity contribution is 5.99. The largest absolute Gasteiger partial charge is 0.504 e. The molecule has 24 heavy (non-hydrogen) atoms. The number of aromatic nitrogens is 1. The van der Waals surface area contributed by atoms with Crippen LogP contribution in [0.15, 0.2) is 36.5 Å². The van der Waals surface area contributed by atoms with Crippen LogP contribution in [0, 0.1) is 11.6 Å². The van der Waals surface area contributed by atoms with Gasteiger partial charge < -0.3 is 15.2 Å². The van der Waals surface area contributed by atoms with Crippen LogP contribution in [-0.4, -0.2) is 29.2 Å². The number of hydrogen-bond acceptors (Lipinski definition) is 4. The fourth-order valence-corrected chi connectivity index (χ4v) is 2.94. The van der Waals surface area contributed by atoms with Crippen LogP contribution in [-0.2, 0) is 14.9 Å². The van der Waals surface area contributed by atoms with Crippen LogP contribution in [0.25, 0.3) is 0 Å². The summed E-state index contributed by atoms with van der Waals surface area (Å²) < 4.78 is 32.9. The predicted molar refractivity (Wildman–Crippen MR) is 82.6 cm³/mol. The molecule has 1 saturated heterocycles. The third-order valence-electron chi connectivity index (χ3n) is 4.25. The summed E-state index contributed by atoms with van der Waals surface area (Å²) in [7, 11) is 0. The molecule has 0 radical (unpaired) electrons. The van der Waals surface area contributed by atoms with Gasteiger partial charge in [0.05, 0.1) is 5.41 Å². The molecule has 0 spiro atoms. The van der Waals surface area contributed by atoms with Crippen molar-refractivity contribution in [2.75, 3.05) is 18.5 Å². The van der Waals surface area contributed by atoms with Crippen molar-refractivity contribution in [2.45, 2.75) is 18.3 Å². The van der Waals surface area contributed by atoms with Gasteiger partial charge in [0.25, 0.3) is 0 Å². The van der Waals surface area contributed by atoms with Crippen LogP contribution in [0.3, 0.4) is 0 Å². The smallest absolute Gasteiger partial charge is 0.236 e. The minimum absolute atomic E-state index is 0.00381. The van der Waals surface area contributed by atoms with Crippen molar-refractivity contribution < 1.29 is 23.4 Å². The molecule has 1 aliphatic rings. The van der Waals surface area contributed by atoms with Gasteiger partial charge >= 0.3 is 0 Å². The van der Waals surface area contributed by atoms with E-state index in [1.807, 2.05) is 0 Å². The number of anilines is 1. The maximum atomic E-state index is 14.3. The molecule has 5 nitrogen and oxygen atoms in total. The Morgan fingerprint density at radius 1 is 1.25 bits per heavy atom. The lowest BCUT2D eigenvalue weighted by Gasteiger charge is -2.36. The molecule has 1 aromatic heterocycles. The highest BCUT2D eigenvalue weighted by Crippen LogP contribution is 2.38. The molecule has 126 valence electrons. The summed E-state index contributed by atoms with van der Waals surface area (Å²) in [5.74, 6) is -2.19. The number of aromatic hydroxyl groups is 1. The summed E-state index contributed by atoms with van der Waals surface area (Å²) >= 11 is 0. The minimum atomic E-state index is -1.21. The number of halogens is 2. The lowest BCUT2D eigenvalue weighted by Crippen LogP contribution is -2.45. The number of carbonyl (C=O) groups is 1. The van der Waals surface area contributed by atoms with Crippen molar-refractivity contribution in [1.82, 2.24) is 4.98 Å². The van der Waals surface area contributed by atoms with Gasteiger partial charge in [-0.2, -0.15) is 0 Å². The van der Waals surface area contributed by atoms with Gasteiger partial charge in [0.2, 0.25) is 5.91 Å². The van der Waals surface area contributed by atoms with Crippen molar-refractivity contribution in [3.8, 4) is 5.75 Å². The fourth-order valence-electron chi connectivity index (χ4n) is 2.94. The third-order valence-corrected chi connectivity index (χ3v) is 4.25.